The Bertz CT molecular complexity index is 1700. The molecule has 2 atom stereocenters. The van der Waals surface area contributed by atoms with E-state index in [-0.39, 0.29) is 35.7 Å². The Morgan fingerprint density at radius 1 is 0.804 bits per heavy atom. The fourth-order valence-electron chi connectivity index (χ4n) is 5.08. The lowest BCUT2D eigenvalue weighted by atomic mass is 10.0. The maximum Gasteiger partial charge on any atom is 0.264 e. The smallest absolute Gasteiger partial charge is 0.264 e. The molecular weight excluding hydrogens is 618 g/mol. The van der Waals surface area contributed by atoms with Crippen LogP contribution in [0.15, 0.2) is 114 Å². The number of anilines is 1. The lowest BCUT2D eigenvalue weighted by Gasteiger charge is -2.34. The largest absolute Gasteiger partial charge is 0.352 e. The fraction of sp³-hybridized carbons (Fsp3) is 0.297. The maximum atomic E-state index is 14.6. The van der Waals surface area contributed by atoms with Gasteiger partial charge in [0.05, 0.1) is 10.6 Å². The minimum atomic E-state index is -4.17. The molecule has 4 aromatic carbocycles. The van der Waals surface area contributed by atoms with Gasteiger partial charge in [-0.05, 0) is 66.3 Å². The summed E-state index contributed by atoms with van der Waals surface area (Å²) in [5.41, 5.74) is 2.90. The van der Waals surface area contributed by atoms with Crippen molar-refractivity contribution in [2.24, 2.45) is 0 Å². The highest BCUT2D eigenvalue weighted by molar-refractivity contribution is 7.92. The van der Waals surface area contributed by atoms with E-state index < -0.39 is 28.5 Å². The molecule has 4 rings (SSSR count). The molecule has 0 fully saturated rings. The van der Waals surface area contributed by atoms with Crippen LogP contribution in [0.25, 0.3) is 0 Å². The van der Waals surface area contributed by atoms with Crippen LogP contribution in [0.4, 0.5) is 5.69 Å². The van der Waals surface area contributed by atoms with Gasteiger partial charge in [-0.1, -0.05) is 111 Å². The predicted octanol–water partition coefficient (Wildman–Crippen LogP) is 7.21. The van der Waals surface area contributed by atoms with Crippen LogP contribution in [0, 0.1) is 0 Å². The summed E-state index contributed by atoms with van der Waals surface area (Å²) in [4.78, 5) is 30.0. The summed E-state index contributed by atoms with van der Waals surface area (Å²) in [5.74, 6) is -0.617. The summed E-state index contributed by atoms with van der Waals surface area (Å²) in [7, 11) is -4.17. The summed E-state index contributed by atoms with van der Waals surface area (Å²) < 4.78 is 29.4. The normalized spacial score (nSPS) is 12.7. The molecule has 0 aliphatic heterocycles. The molecule has 7 nitrogen and oxygen atoms in total. The van der Waals surface area contributed by atoms with Crippen LogP contribution < -0.4 is 9.62 Å². The number of nitrogens with one attached hydrogen (secondary N) is 1. The van der Waals surface area contributed by atoms with E-state index in [0.717, 1.165) is 15.4 Å². The van der Waals surface area contributed by atoms with Gasteiger partial charge in [0.2, 0.25) is 11.8 Å². The Balaban J connectivity index is 1.82. The van der Waals surface area contributed by atoms with Crippen LogP contribution >= 0.6 is 11.6 Å². The lowest BCUT2D eigenvalue weighted by Crippen LogP contribution is -2.54. The number of carbonyl (C=O) groups is 2. The van der Waals surface area contributed by atoms with Gasteiger partial charge in [0.25, 0.3) is 10.0 Å². The van der Waals surface area contributed by atoms with Crippen molar-refractivity contribution in [1.82, 2.24) is 10.2 Å². The molecule has 46 heavy (non-hydrogen) atoms. The van der Waals surface area contributed by atoms with Crippen molar-refractivity contribution in [1.29, 1.82) is 0 Å². The Kier molecular flexibility index (Phi) is 12.0. The van der Waals surface area contributed by atoms with Gasteiger partial charge in [-0.3, -0.25) is 13.9 Å². The van der Waals surface area contributed by atoms with Crippen molar-refractivity contribution >= 4 is 39.1 Å². The van der Waals surface area contributed by atoms with Crippen molar-refractivity contribution < 1.29 is 18.0 Å². The molecule has 0 spiro atoms. The molecule has 0 aromatic heterocycles. The highest BCUT2D eigenvalue weighted by Crippen LogP contribution is 2.27. The first kappa shape index (κ1) is 34.7. The molecule has 0 aliphatic carbocycles. The monoisotopic (exact) mass is 659 g/mol. The van der Waals surface area contributed by atoms with Crippen LogP contribution in [0.1, 0.15) is 56.7 Å². The number of sulfonamides is 1. The summed E-state index contributed by atoms with van der Waals surface area (Å²) in [6.45, 7) is 7.48. The van der Waals surface area contributed by atoms with Gasteiger partial charge in [-0.15, -0.1) is 0 Å². The van der Waals surface area contributed by atoms with Crippen LogP contribution in [0.2, 0.25) is 5.02 Å². The first-order valence-corrected chi connectivity index (χ1v) is 17.4. The van der Waals surface area contributed by atoms with Gasteiger partial charge in [-0.25, -0.2) is 8.42 Å². The van der Waals surface area contributed by atoms with E-state index in [1.807, 2.05) is 62.4 Å². The number of amides is 2. The van der Waals surface area contributed by atoms with Crippen molar-refractivity contribution in [3.8, 4) is 0 Å². The van der Waals surface area contributed by atoms with E-state index in [9.17, 15) is 18.0 Å². The number of hydrogen-bond donors (Lipinski definition) is 1. The molecule has 1 N–H and O–H groups in total. The van der Waals surface area contributed by atoms with E-state index in [1.54, 1.807) is 48.5 Å². The summed E-state index contributed by atoms with van der Waals surface area (Å²) >= 11 is 6.57. The second-order valence-electron chi connectivity index (χ2n) is 11.7. The van der Waals surface area contributed by atoms with E-state index in [0.29, 0.717) is 22.7 Å². The molecule has 242 valence electrons. The predicted molar refractivity (Wildman–Crippen MR) is 185 cm³/mol. The SMILES string of the molecule is CC[C@H](C)NC(=O)[C@H](Cc1ccccc1)N(Cc1ccccc1Cl)C(=O)CN(c1ccc(C(C)C)cc1)S(=O)(=O)c1ccccc1. The topological polar surface area (TPSA) is 86.8 Å². The molecule has 0 bridgehead atoms. The number of carbonyl (C=O) groups excluding carboxylic acids is 2. The summed E-state index contributed by atoms with van der Waals surface area (Å²) in [6.07, 6.45) is 0.936. The molecule has 0 aliphatic rings. The highest BCUT2D eigenvalue weighted by atomic mass is 35.5. The first-order valence-electron chi connectivity index (χ1n) is 15.6. The molecule has 0 unspecified atom stereocenters. The van der Waals surface area contributed by atoms with Crippen LogP contribution in [0.5, 0.6) is 0 Å². The van der Waals surface area contributed by atoms with Crippen molar-refractivity contribution in [2.45, 2.75) is 70.0 Å². The van der Waals surface area contributed by atoms with Gasteiger partial charge >= 0.3 is 0 Å². The Labute approximate surface area is 278 Å². The number of benzene rings is 4. The van der Waals surface area contributed by atoms with Gasteiger partial charge in [-0.2, -0.15) is 0 Å². The van der Waals surface area contributed by atoms with Gasteiger partial charge < -0.3 is 10.2 Å². The fourth-order valence-corrected chi connectivity index (χ4v) is 6.71. The standard InChI is InChI=1S/C37H42ClN3O4S/c1-5-28(4)39-37(43)35(24-29-14-8-6-9-15-29)40(25-31-16-12-13-19-34(31)38)36(42)26-41(32-22-20-30(21-23-32)27(2)3)46(44,45)33-17-10-7-11-18-33/h6-23,27-28,35H,5,24-26H2,1-4H3,(H,39,43)/t28-,35-/m0/s1. The summed E-state index contributed by atoms with van der Waals surface area (Å²) in [6, 6.07) is 30.8. The number of hydrogen-bond acceptors (Lipinski definition) is 4. The third-order valence-electron chi connectivity index (χ3n) is 8.03. The zero-order chi connectivity index (χ0) is 33.3. The maximum absolute atomic E-state index is 14.6. The van der Waals surface area contributed by atoms with E-state index in [1.165, 1.54) is 17.0 Å². The Hall–Kier alpha value is -4.14. The third kappa shape index (κ3) is 8.77. The molecule has 0 saturated carbocycles. The molecular formula is C37H42ClN3O4S. The van der Waals surface area contributed by atoms with E-state index in [4.69, 9.17) is 11.6 Å². The second-order valence-corrected chi connectivity index (χ2v) is 14.0. The van der Waals surface area contributed by atoms with Gasteiger partial charge in [0.15, 0.2) is 0 Å². The number of rotatable bonds is 14. The molecule has 0 heterocycles. The average molecular weight is 660 g/mol. The minimum Gasteiger partial charge on any atom is -0.352 e. The number of nitrogens with zero attached hydrogens (tertiary/aromatic N) is 2. The Morgan fingerprint density at radius 3 is 1.98 bits per heavy atom. The lowest BCUT2D eigenvalue weighted by molar-refractivity contribution is -0.140. The van der Waals surface area contributed by atoms with Crippen molar-refractivity contribution in [3.63, 3.8) is 0 Å². The highest BCUT2D eigenvalue weighted by Gasteiger charge is 2.35. The molecule has 9 heteroatoms. The molecule has 2 amide bonds. The van der Waals surface area contributed by atoms with E-state index in [2.05, 4.69) is 19.2 Å². The van der Waals surface area contributed by atoms with Crippen LogP contribution in [-0.2, 0) is 32.6 Å². The minimum absolute atomic E-state index is 0.00937. The second kappa shape index (κ2) is 15.9. The van der Waals surface area contributed by atoms with Gasteiger partial charge in [0, 0.05) is 24.0 Å². The Morgan fingerprint density at radius 2 is 1.39 bits per heavy atom. The molecule has 4 aromatic rings. The zero-order valence-electron chi connectivity index (χ0n) is 26.8. The van der Waals surface area contributed by atoms with Crippen LogP contribution in [-0.4, -0.2) is 43.8 Å². The zero-order valence-corrected chi connectivity index (χ0v) is 28.3. The quantitative estimate of drug-likeness (QED) is 0.155. The third-order valence-corrected chi connectivity index (χ3v) is 10.2. The number of halogens is 1. The first-order chi connectivity index (χ1) is 22.0. The molecule has 0 radical (unpaired) electrons. The average Bonchev–Trinajstić information content (AvgIpc) is 3.06. The van der Waals surface area contributed by atoms with Crippen molar-refractivity contribution in [2.75, 3.05) is 10.8 Å². The van der Waals surface area contributed by atoms with Gasteiger partial charge in [0.1, 0.15) is 12.6 Å². The summed E-state index contributed by atoms with van der Waals surface area (Å²) in [5, 5.41) is 3.49. The molecule has 0 saturated heterocycles. The van der Waals surface area contributed by atoms with Crippen LogP contribution in [0.3, 0.4) is 0 Å². The van der Waals surface area contributed by atoms with E-state index >= 15 is 0 Å². The van der Waals surface area contributed by atoms with Crippen molar-refractivity contribution in [3.05, 3.63) is 131 Å².